The summed E-state index contributed by atoms with van der Waals surface area (Å²) >= 11 is 0. The standard InChI is InChI=1S/C24H29N5O2/c1-27(2)8-9-28-10-12-29(13-11-28)15-21(30)25-19-6-7-20-23-18(19)14-16-4-3-5-17(22(16)23)24(31)26-20/h3-7H,8-15H2,1-2H3,(H,25,30)(H,26,31). The van der Waals surface area contributed by atoms with Gasteiger partial charge in [0.05, 0.1) is 6.54 Å². The van der Waals surface area contributed by atoms with Gasteiger partial charge < -0.3 is 15.2 Å². The minimum atomic E-state index is -0.0568. The summed E-state index contributed by atoms with van der Waals surface area (Å²) in [6, 6.07) is 9.70. The summed E-state index contributed by atoms with van der Waals surface area (Å²) in [5, 5.41) is 5.96. The fraction of sp³-hybridized carbons (Fsp3) is 0.417. The number of nitrogens with one attached hydrogen (secondary N) is 2. The van der Waals surface area contributed by atoms with Crippen LogP contribution in [0.25, 0.3) is 21.7 Å². The summed E-state index contributed by atoms with van der Waals surface area (Å²) in [6.45, 7) is 6.38. The van der Waals surface area contributed by atoms with Crippen molar-refractivity contribution in [3.63, 3.8) is 0 Å². The molecule has 1 fully saturated rings. The second-order valence-corrected chi connectivity index (χ2v) is 8.95. The number of aromatic nitrogens is 1. The number of carbonyl (C=O) groups excluding carboxylic acids is 1. The first kappa shape index (κ1) is 20.2. The van der Waals surface area contributed by atoms with Crippen molar-refractivity contribution < 1.29 is 4.79 Å². The molecule has 1 aliphatic carbocycles. The average molecular weight is 420 g/mol. The van der Waals surface area contributed by atoms with E-state index < -0.39 is 0 Å². The van der Waals surface area contributed by atoms with E-state index in [2.05, 4.69) is 45.2 Å². The highest BCUT2D eigenvalue weighted by Gasteiger charge is 2.24. The largest absolute Gasteiger partial charge is 0.325 e. The van der Waals surface area contributed by atoms with Crippen LogP contribution in [0.3, 0.4) is 0 Å². The fourth-order valence-corrected chi connectivity index (χ4v) is 4.86. The normalized spacial score (nSPS) is 16.7. The molecule has 2 aliphatic rings. The van der Waals surface area contributed by atoms with Gasteiger partial charge in [0.1, 0.15) is 0 Å². The molecule has 1 aromatic heterocycles. The first-order chi connectivity index (χ1) is 15.0. The van der Waals surface area contributed by atoms with Crippen LogP contribution >= 0.6 is 0 Å². The van der Waals surface area contributed by atoms with E-state index in [0.717, 1.165) is 84.2 Å². The number of hydrogen-bond acceptors (Lipinski definition) is 5. The highest BCUT2D eigenvalue weighted by atomic mass is 16.2. The van der Waals surface area contributed by atoms with Crippen molar-refractivity contribution in [1.29, 1.82) is 0 Å². The molecular formula is C24H29N5O2. The molecule has 31 heavy (non-hydrogen) atoms. The van der Waals surface area contributed by atoms with E-state index in [-0.39, 0.29) is 11.5 Å². The van der Waals surface area contributed by atoms with E-state index in [0.29, 0.717) is 6.54 Å². The number of anilines is 1. The van der Waals surface area contributed by atoms with E-state index in [9.17, 15) is 9.59 Å². The number of H-pyrrole nitrogens is 1. The summed E-state index contributed by atoms with van der Waals surface area (Å²) in [5.74, 6) is 0.0222. The van der Waals surface area contributed by atoms with Crippen LogP contribution in [0, 0.1) is 0 Å². The molecule has 0 unspecified atom stereocenters. The maximum Gasteiger partial charge on any atom is 0.256 e. The number of rotatable bonds is 6. The van der Waals surface area contributed by atoms with Crippen LogP contribution in [0.2, 0.25) is 0 Å². The number of aromatic amines is 1. The summed E-state index contributed by atoms with van der Waals surface area (Å²) in [5.41, 5.74) is 3.88. The van der Waals surface area contributed by atoms with Crippen molar-refractivity contribution in [3.8, 4) is 0 Å². The van der Waals surface area contributed by atoms with Crippen LogP contribution in [0.15, 0.2) is 35.1 Å². The number of piperazine rings is 1. The molecule has 2 heterocycles. The van der Waals surface area contributed by atoms with Crippen molar-refractivity contribution in [2.45, 2.75) is 6.42 Å². The lowest BCUT2D eigenvalue weighted by Gasteiger charge is -2.34. The van der Waals surface area contributed by atoms with Gasteiger partial charge in [-0.15, -0.1) is 0 Å². The van der Waals surface area contributed by atoms with Crippen LogP contribution in [0.1, 0.15) is 11.1 Å². The van der Waals surface area contributed by atoms with Gasteiger partial charge in [0, 0.05) is 73.1 Å². The number of benzene rings is 2. The van der Waals surface area contributed by atoms with Crippen molar-refractivity contribution >= 4 is 33.3 Å². The molecule has 1 amide bonds. The quantitative estimate of drug-likeness (QED) is 0.466. The summed E-state index contributed by atoms with van der Waals surface area (Å²) in [7, 11) is 4.19. The Morgan fingerprint density at radius 3 is 2.61 bits per heavy atom. The molecule has 0 saturated carbocycles. The molecule has 0 spiro atoms. The van der Waals surface area contributed by atoms with Gasteiger partial charge in [0.25, 0.3) is 5.56 Å². The molecule has 2 N–H and O–H groups in total. The monoisotopic (exact) mass is 419 g/mol. The second-order valence-electron chi connectivity index (χ2n) is 8.95. The van der Waals surface area contributed by atoms with E-state index >= 15 is 0 Å². The Bertz CT molecular complexity index is 1210. The maximum absolute atomic E-state index is 12.8. The summed E-state index contributed by atoms with van der Waals surface area (Å²) in [4.78, 5) is 35.1. The Morgan fingerprint density at radius 1 is 1.06 bits per heavy atom. The number of carbonyl (C=O) groups is 1. The van der Waals surface area contributed by atoms with Crippen molar-refractivity contribution in [1.82, 2.24) is 19.7 Å². The molecule has 1 aliphatic heterocycles. The molecule has 7 heteroatoms. The number of hydrogen-bond donors (Lipinski definition) is 2. The zero-order valence-electron chi connectivity index (χ0n) is 18.2. The number of amides is 1. The Kier molecular flexibility index (Phi) is 5.25. The molecule has 1 saturated heterocycles. The third-order valence-corrected chi connectivity index (χ3v) is 6.54. The van der Waals surface area contributed by atoms with Crippen LogP contribution < -0.4 is 10.9 Å². The SMILES string of the molecule is CN(C)CCN1CCN(CC(=O)Nc2ccc3[nH]c(=O)c4cccc5c4c3c2C5)CC1. The maximum atomic E-state index is 12.8. The molecule has 0 bridgehead atoms. The third kappa shape index (κ3) is 3.84. The zero-order chi connectivity index (χ0) is 21.5. The predicted octanol–water partition coefficient (Wildman–Crippen LogP) is 1.70. The van der Waals surface area contributed by atoms with Crippen molar-refractivity contribution in [2.75, 3.05) is 65.2 Å². The number of nitrogens with zero attached hydrogens (tertiary/aromatic N) is 3. The van der Waals surface area contributed by atoms with Gasteiger partial charge in [-0.1, -0.05) is 12.1 Å². The Hall–Kier alpha value is -2.74. The molecule has 7 nitrogen and oxygen atoms in total. The third-order valence-electron chi connectivity index (χ3n) is 6.54. The second kappa shape index (κ2) is 8.07. The van der Waals surface area contributed by atoms with E-state index in [1.165, 1.54) is 0 Å². The number of pyridine rings is 1. The molecule has 2 aromatic carbocycles. The molecule has 162 valence electrons. The van der Waals surface area contributed by atoms with E-state index in [1.807, 2.05) is 24.3 Å². The first-order valence-electron chi connectivity index (χ1n) is 11.0. The van der Waals surface area contributed by atoms with Gasteiger partial charge in [-0.05, 0) is 43.4 Å². The summed E-state index contributed by atoms with van der Waals surface area (Å²) < 4.78 is 0. The van der Waals surface area contributed by atoms with E-state index in [1.54, 1.807) is 0 Å². The van der Waals surface area contributed by atoms with Crippen molar-refractivity contribution in [2.24, 2.45) is 0 Å². The van der Waals surface area contributed by atoms with Gasteiger partial charge >= 0.3 is 0 Å². The molecular weight excluding hydrogens is 390 g/mol. The first-order valence-corrected chi connectivity index (χ1v) is 11.0. The predicted molar refractivity (Wildman–Crippen MR) is 125 cm³/mol. The highest BCUT2D eigenvalue weighted by molar-refractivity contribution is 6.14. The molecule has 3 aromatic rings. The fourth-order valence-electron chi connectivity index (χ4n) is 4.86. The van der Waals surface area contributed by atoms with Gasteiger partial charge in [-0.2, -0.15) is 0 Å². The van der Waals surface area contributed by atoms with Crippen LogP contribution in [-0.4, -0.2) is 85.5 Å². The summed E-state index contributed by atoms with van der Waals surface area (Å²) in [6.07, 6.45) is 0.738. The Labute approximate surface area is 181 Å². The lowest BCUT2D eigenvalue weighted by molar-refractivity contribution is -0.117. The lowest BCUT2D eigenvalue weighted by atomic mass is 10.1. The van der Waals surface area contributed by atoms with Crippen LogP contribution in [0.5, 0.6) is 0 Å². The van der Waals surface area contributed by atoms with Crippen LogP contribution in [-0.2, 0) is 11.2 Å². The average Bonchev–Trinajstić information content (AvgIpc) is 3.15. The van der Waals surface area contributed by atoms with Crippen molar-refractivity contribution in [3.05, 3.63) is 51.8 Å². The zero-order valence-corrected chi connectivity index (χ0v) is 18.2. The Balaban J connectivity index is 1.28. The molecule has 5 rings (SSSR count). The van der Waals surface area contributed by atoms with Gasteiger partial charge in [-0.3, -0.25) is 19.4 Å². The smallest absolute Gasteiger partial charge is 0.256 e. The molecule has 0 atom stereocenters. The van der Waals surface area contributed by atoms with Gasteiger partial charge in [0.15, 0.2) is 0 Å². The van der Waals surface area contributed by atoms with Crippen LogP contribution in [0.4, 0.5) is 5.69 Å². The minimum Gasteiger partial charge on any atom is -0.325 e. The Morgan fingerprint density at radius 2 is 1.84 bits per heavy atom. The van der Waals surface area contributed by atoms with E-state index in [4.69, 9.17) is 0 Å². The highest BCUT2D eigenvalue weighted by Crippen LogP contribution is 2.39. The van der Waals surface area contributed by atoms with Gasteiger partial charge in [-0.25, -0.2) is 0 Å². The minimum absolute atomic E-state index is 0.0222. The lowest BCUT2D eigenvalue weighted by Crippen LogP contribution is -2.49. The van der Waals surface area contributed by atoms with Gasteiger partial charge in [0.2, 0.25) is 5.91 Å². The molecule has 0 radical (unpaired) electrons. The topological polar surface area (TPSA) is 71.7 Å². The number of likely N-dealkylation sites (N-methyl/N-ethyl adjacent to an activating group) is 1.